The van der Waals surface area contributed by atoms with Crippen molar-refractivity contribution < 1.29 is 9.21 Å². The summed E-state index contributed by atoms with van der Waals surface area (Å²) in [4.78, 5) is 11.5. The fourth-order valence-electron chi connectivity index (χ4n) is 0.839. The molecule has 0 aliphatic rings. The van der Waals surface area contributed by atoms with Crippen molar-refractivity contribution in [2.75, 3.05) is 5.33 Å². The van der Waals surface area contributed by atoms with E-state index in [0.29, 0.717) is 5.33 Å². The van der Waals surface area contributed by atoms with E-state index in [0.717, 1.165) is 0 Å². The molecule has 0 spiro atoms. The van der Waals surface area contributed by atoms with Crippen LogP contribution >= 0.6 is 27.5 Å². The number of hydrogen-bond donors (Lipinski definition) is 1. The zero-order chi connectivity index (χ0) is 10.8. The highest BCUT2D eigenvalue weighted by Gasteiger charge is 2.21. The van der Waals surface area contributed by atoms with Crippen molar-refractivity contribution in [3.05, 3.63) is 23.1 Å². The topological polar surface area (TPSA) is 42.2 Å². The first-order valence-corrected chi connectivity index (χ1v) is 5.58. The SMILES string of the molecule is CC(C)(CBr)NC(=O)c1ccc(Cl)o1. The Balaban J connectivity index is 2.68. The van der Waals surface area contributed by atoms with Crippen LogP contribution in [0.1, 0.15) is 24.4 Å². The zero-order valence-electron chi connectivity index (χ0n) is 7.93. The second kappa shape index (κ2) is 4.36. The Labute approximate surface area is 95.9 Å². The van der Waals surface area contributed by atoms with Gasteiger partial charge in [-0.15, -0.1) is 0 Å². The number of hydrogen-bond acceptors (Lipinski definition) is 2. The number of amides is 1. The van der Waals surface area contributed by atoms with Gasteiger partial charge in [0.25, 0.3) is 5.91 Å². The van der Waals surface area contributed by atoms with E-state index >= 15 is 0 Å². The van der Waals surface area contributed by atoms with E-state index in [9.17, 15) is 4.79 Å². The second-order valence-corrected chi connectivity index (χ2v) is 4.51. The number of carbonyl (C=O) groups is 1. The Morgan fingerprint density at radius 3 is 2.71 bits per heavy atom. The highest BCUT2D eigenvalue weighted by atomic mass is 79.9. The van der Waals surface area contributed by atoms with E-state index in [1.54, 1.807) is 6.07 Å². The molecular formula is C9H11BrClNO2. The van der Waals surface area contributed by atoms with Crippen molar-refractivity contribution in [2.24, 2.45) is 0 Å². The van der Waals surface area contributed by atoms with E-state index in [1.165, 1.54) is 6.07 Å². The van der Waals surface area contributed by atoms with Crippen molar-refractivity contribution in [3.63, 3.8) is 0 Å². The summed E-state index contributed by atoms with van der Waals surface area (Å²) in [6.07, 6.45) is 0. The van der Waals surface area contributed by atoms with Crippen LogP contribution in [0.4, 0.5) is 0 Å². The summed E-state index contributed by atoms with van der Waals surface area (Å²) >= 11 is 8.86. The van der Waals surface area contributed by atoms with Crippen LogP contribution in [-0.4, -0.2) is 16.8 Å². The maximum absolute atomic E-state index is 11.5. The van der Waals surface area contributed by atoms with Crippen molar-refractivity contribution in [1.29, 1.82) is 0 Å². The standard InChI is InChI=1S/C9H11BrClNO2/c1-9(2,5-10)12-8(13)6-3-4-7(11)14-6/h3-4H,5H2,1-2H3,(H,12,13). The lowest BCUT2D eigenvalue weighted by Gasteiger charge is -2.22. The molecule has 1 heterocycles. The van der Waals surface area contributed by atoms with Gasteiger partial charge in [-0.25, -0.2) is 0 Å². The normalized spacial score (nSPS) is 11.4. The fourth-order valence-corrected chi connectivity index (χ4v) is 1.12. The van der Waals surface area contributed by atoms with Crippen LogP contribution in [0.15, 0.2) is 16.5 Å². The molecular weight excluding hydrogens is 269 g/mol. The van der Waals surface area contributed by atoms with Gasteiger partial charge < -0.3 is 9.73 Å². The third-order valence-electron chi connectivity index (χ3n) is 1.58. The number of furan rings is 1. The molecule has 0 saturated carbocycles. The molecule has 0 aliphatic carbocycles. The molecule has 0 saturated heterocycles. The lowest BCUT2D eigenvalue weighted by Crippen LogP contribution is -2.44. The predicted octanol–water partition coefficient (Wildman–Crippen LogP) is 2.84. The molecule has 3 nitrogen and oxygen atoms in total. The number of alkyl halides is 1. The smallest absolute Gasteiger partial charge is 0.287 e. The van der Waals surface area contributed by atoms with Crippen molar-refractivity contribution in [3.8, 4) is 0 Å². The monoisotopic (exact) mass is 279 g/mol. The quantitative estimate of drug-likeness (QED) is 0.865. The molecule has 5 heteroatoms. The van der Waals surface area contributed by atoms with Gasteiger partial charge in [0.15, 0.2) is 11.0 Å². The van der Waals surface area contributed by atoms with Gasteiger partial charge in [-0.3, -0.25) is 4.79 Å². The minimum Gasteiger partial charge on any atom is -0.440 e. The summed E-state index contributed by atoms with van der Waals surface area (Å²) in [6.45, 7) is 3.81. The van der Waals surface area contributed by atoms with Crippen LogP contribution in [0.5, 0.6) is 0 Å². The molecule has 78 valence electrons. The number of halogens is 2. The van der Waals surface area contributed by atoms with E-state index in [1.807, 2.05) is 13.8 Å². The molecule has 1 aromatic rings. The van der Waals surface area contributed by atoms with Gasteiger partial charge in [0.2, 0.25) is 0 Å². The molecule has 0 aromatic carbocycles. The van der Waals surface area contributed by atoms with Gasteiger partial charge in [0.05, 0.1) is 0 Å². The molecule has 0 fully saturated rings. The minimum atomic E-state index is -0.309. The molecule has 0 aliphatic heterocycles. The summed E-state index contributed by atoms with van der Waals surface area (Å²) in [7, 11) is 0. The van der Waals surface area contributed by atoms with Crippen LogP contribution < -0.4 is 5.32 Å². The Morgan fingerprint density at radius 1 is 1.64 bits per heavy atom. The van der Waals surface area contributed by atoms with Crippen LogP contribution in [-0.2, 0) is 0 Å². The van der Waals surface area contributed by atoms with Crippen molar-refractivity contribution >= 4 is 33.4 Å². The minimum absolute atomic E-state index is 0.215. The molecule has 1 aromatic heterocycles. The molecule has 14 heavy (non-hydrogen) atoms. The molecule has 1 N–H and O–H groups in total. The van der Waals surface area contributed by atoms with Gasteiger partial charge in [0, 0.05) is 10.9 Å². The summed E-state index contributed by atoms with van der Waals surface area (Å²) in [5.41, 5.74) is -0.309. The van der Waals surface area contributed by atoms with Crippen molar-refractivity contribution in [2.45, 2.75) is 19.4 Å². The van der Waals surface area contributed by atoms with E-state index in [4.69, 9.17) is 16.0 Å². The van der Waals surface area contributed by atoms with E-state index in [2.05, 4.69) is 21.2 Å². The predicted molar refractivity (Wildman–Crippen MR) is 59.1 cm³/mol. The van der Waals surface area contributed by atoms with Crippen LogP contribution in [0, 0.1) is 0 Å². The maximum atomic E-state index is 11.5. The molecule has 1 rings (SSSR count). The second-order valence-electron chi connectivity index (χ2n) is 3.58. The van der Waals surface area contributed by atoms with Gasteiger partial charge in [-0.2, -0.15) is 0 Å². The first kappa shape index (κ1) is 11.6. The van der Waals surface area contributed by atoms with E-state index in [-0.39, 0.29) is 22.4 Å². The largest absolute Gasteiger partial charge is 0.440 e. The Hall–Kier alpha value is -0.480. The highest BCUT2D eigenvalue weighted by Crippen LogP contribution is 2.14. The lowest BCUT2D eigenvalue weighted by molar-refractivity contribution is 0.0893. The fraction of sp³-hybridized carbons (Fsp3) is 0.444. The van der Waals surface area contributed by atoms with Gasteiger partial charge in [-0.1, -0.05) is 15.9 Å². The Bertz CT molecular complexity index is 335. The van der Waals surface area contributed by atoms with Crippen LogP contribution in [0.2, 0.25) is 5.22 Å². The third kappa shape index (κ3) is 3.03. The lowest BCUT2D eigenvalue weighted by atomic mass is 10.1. The van der Waals surface area contributed by atoms with Crippen molar-refractivity contribution in [1.82, 2.24) is 5.32 Å². The molecule has 0 bridgehead atoms. The van der Waals surface area contributed by atoms with Gasteiger partial charge in [-0.05, 0) is 37.6 Å². The Morgan fingerprint density at radius 2 is 2.29 bits per heavy atom. The van der Waals surface area contributed by atoms with Gasteiger partial charge >= 0.3 is 0 Å². The number of carbonyl (C=O) groups excluding carboxylic acids is 1. The summed E-state index contributed by atoms with van der Waals surface area (Å²) in [5, 5.41) is 3.68. The van der Waals surface area contributed by atoms with E-state index < -0.39 is 0 Å². The third-order valence-corrected chi connectivity index (χ3v) is 3.19. The summed E-state index contributed by atoms with van der Waals surface area (Å²) in [5.74, 6) is -0.0367. The Kier molecular flexibility index (Phi) is 3.61. The molecule has 0 atom stereocenters. The molecule has 0 radical (unpaired) electrons. The average Bonchev–Trinajstić information content (AvgIpc) is 2.51. The number of nitrogens with one attached hydrogen (secondary N) is 1. The average molecular weight is 281 g/mol. The number of rotatable bonds is 3. The van der Waals surface area contributed by atoms with Crippen LogP contribution in [0.25, 0.3) is 0 Å². The molecule has 0 unspecified atom stereocenters. The van der Waals surface area contributed by atoms with Crippen LogP contribution in [0.3, 0.4) is 0 Å². The summed E-state index contributed by atoms with van der Waals surface area (Å²) < 4.78 is 4.97. The maximum Gasteiger partial charge on any atom is 0.287 e. The first-order valence-electron chi connectivity index (χ1n) is 4.08. The van der Waals surface area contributed by atoms with Gasteiger partial charge in [0.1, 0.15) is 0 Å². The molecule has 1 amide bonds. The highest BCUT2D eigenvalue weighted by molar-refractivity contribution is 9.09. The zero-order valence-corrected chi connectivity index (χ0v) is 10.3. The summed E-state index contributed by atoms with van der Waals surface area (Å²) in [6, 6.07) is 3.08. The first-order chi connectivity index (χ1) is 6.44.